The van der Waals surface area contributed by atoms with E-state index in [9.17, 15) is 14.3 Å². The largest absolute Gasteiger partial charge is 0.465 e. The van der Waals surface area contributed by atoms with Gasteiger partial charge in [0.1, 0.15) is 17.8 Å². The zero-order chi connectivity index (χ0) is 15.7. The van der Waals surface area contributed by atoms with Crippen LogP contribution in [0.3, 0.4) is 0 Å². The van der Waals surface area contributed by atoms with E-state index >= 15 is 0 Å². The summed E-state index contributed by atoms with van der Waals surface area (Å²) >= 11 is 0. The van der Waals surface area contributed by atoms with Gasteiger partial charge in [-0.15, -0.1) is 0 Å². The molecule has 1 aliphatic heterocycles. The van der Waals surface area contributed by atoms with Crippen molar-refractivity contribution in [2.24, 2.45) is 0 Å². The van der Waals surface area contributed by atoms with Crippen molar-refractivity contribution in [3.63, 3.8) is 0 Å². The van der Waals surface area contributed by atoms with E-state index in [0.29, 0.717) is 18.1 Å². The second-order valence-electron chi connectivity index (χ2n) is 5.64. The molecule has 2 heterocycles. The summed E-state index contributed by atoms with van der Waals surface area (Å²) in [6, 6.07) is 6.05. The van der Waals surface area contributed by atoms with Crippen LogP contribution in [0.1, 0.15) is 31.6 Å². The Morgan fingerprint density at radius 3 is 2.77 bits per heavy atom. The first-order valence-electron chi connectivity index (χ1n) is 7.25. The highest BCUT2D eigenvalue weighted by atomic mass is 19.1. The second kappa shape index (κ2) is 5.79. The van der Waals surface area contributed by atoms with Crippen LogP contribution in [0.2, 0.25) is 0 Å². The summed E-state index contributed by atoms with van der Waals surface area (Å²) in [5.74, 6) is 0.199. The number of hydrogen-bond donors (Lipinski definition) is 1. The minimum absolute atomic E-state index is 0.0141. The maximum absolute atomic E-state index is 12.9. The van der Waals surface area contributed by atoms with Crippen LogP contribution in [0, 0.1) is 5.82 Å². The number of likely N-dealkylation sites (tertiary alicyclic amines) is 1. The molecule has 116 valence electrons. The molecule has 22 heavy (non-hydrogen) atoms. The van der Waals surface area contributed by atoms with E-state index in [4.69, 9.17) is 4.42 Å². The van der Waals surface area contributed by atoms with Gasteiger partial charge in [-0.1, -0.05) is 0 Å². The second-order valence-corrected chi connectivity index (χ2v) is 5.64. The molecule has 0 bridgehead atoms. The highest BCUT2D eigenvalue weighted by Gasteiger charge is 2.32. The molecular formula is C16H17FN2O3. The molecule has 0 radical (unpaired) electrons. The fourth-order valence-corrected chi connectivity index (χ4v) is 2.80. The molecule has 0 saturated carbocycles. The van der Waals surface area contributed by atoms with Crippen LogP contribution in [-0.4, -0.2) is 33.7 Å². The number of benzene rings is 1. The first-order valence-corrected chi connectivity index (χ1v) is 7.25. The zero-order valence-corrected chi connectivity index (χ0v) is 12.2. The predicted octanol–water partition coefficient (Wildman–Crippen LogP) is 3.73. The summed E-state index contributed by atoms with van der Waals surface area (Å²) in [5.41, 5.74) is 1.41. The Bertz CT molecular complexity index is 668. The highest BCUT2D eigenvalue weighted by Crippen LogP contribution is 2.31. The number of aromatic nitrogens is 1. The van der Waals surface area contributed by atoms with E-state index in [-0.39, 0.29) is 17.8 Å². The summed E-state index contributed by atoms with van der Waals surface area (Å²) in [4.78, 5) is 17.1. The lowest BCUT2D eigenvalue weighted by Crippen LogP contribution is -2.44. The Labute approximate surface area is 127 Å². The van der Waals surface area contributed by atoms with Gasteiger partial charge in [0.15, 0.2) is 5.89 Å². The third kappa shape index (κ3) is 2.81. The van der Waals surface area contributed by atoms with Crippen molar-refractivity contribution < 1.29 is 18.7 Å². The summed E-state index contributed by atoms with van der Waals surface area (Å²) in [7, 11) is 0. The van der Waals surface area contributed by atoms with Gasteiger partial charge < -0.3 is 14.4 Å². The van der Waals surface area contributed by atoms with Gasteiger partial charge >= 0.3 is 6.09 Å². The quantitative estimate of drug-likeness (QED) is 0.918. The van der Waals surface area contributed by atoms with Gasteiger partial charge in [-0.05, 0) is 44.0 Å². The monoisotopic (exact) mass is 304 g/mol. The van der Waals surface area contributed by atoms with Crippen LogP contribution in [0.15, 0.2) is 34.9 Å². The molecule has 5 nitrogen and oxygen atoms in total. The van der Waals surface area contributed by atoms with E-state index < -0.39 is 6.09 Å². The van der Waals surface area contributed by atoms with Gasteiger partial charge in [-0.2, -0.15) is 0 Å². The predicted molar refractivity (Wildman–Crippen MR) is 78.1 cm³/mol. The molecule has 0 unspecified atom stereocenters. The molecular weight excluding hydrogens is 287 g/mol. The van der Waals surface area contributed by atoms with Crippen LogP contribution in [0.5, 0.6) is 0 Å². The molecule has 2 aromatic rings. The molecule has 1 N–H and O–H groups in total. The fraction of sp³-hybridized carbons (Fsp3) is 0.375. The first-order chi connectivity index (χ1) is 10.5. The molecule has 0 spiro atoms. The van der Waals surface area contributed by atoms with E-state index in [2.05, 4.69) is 4.98 Å². The van der Waals surface area contributed by atoms with Crippen molar-refractivity contribution in [2.75, 3.05) is 6.54 Å². The highest BCUT2D eigenvalue weighted by molar-refractivity contribution is 5.65. The maximum atomic E-state index is 12.9. The minimum Gasteiger partial charge on any atom is -0.465 e. The third-order valence-corrected chi connectivity index (χ3v) is 4.14. The van der Waals surface area contributed by atoms with E-state index in [1.54, 1.807) is 12.1 Å². The SMILES string of the molecule is C[C@@H]1CC[C@H](c2nc(-c3ccc(F)cc3)co2)CN1C(=O)O. The van der Waals surface area contributed by atoms with Crippen LogP contribution < -0.4 is 0 Å². The van der Waals surface area contributed by atoms with Crippen molar-refractivity contribution in [1.29, 1.82) is 0 Å². The number of oxazole rings is 1. The summed E-state index contributed by atoms with van der Waals surface area (Å²) in [6.45, 7) is 2.30. The molecule has 1 fully saturated rings. The lowest BCUT2D eigenvalue weighted by molar-refractivity contribution is 0.101. The van der Waals surface area contributed by atoms with Crippen molar-refractivity contribution in [1.82, 2.24) is 9.88 Å². The molecule has 0 aliphatic carbocycles. The lowest BCUT2D eigenvalue weighted by Gasteiger charge is -2.34. The first kappa shape index (κ1) is 14.6. The number of halogens is 1. The van der Waals surface area contributed by atoms with Gasteiger partial charge in [-0.3, -0.25) is 0 Å². The van der Waals surface area contributed by atoms with E-state index in [0.717, 1.165) is 18.4 Å². The Morgan fingerprint density at radius 2 is 2.09 bits per heavy atom. The van der Waals surface area contributed by atoms with Gasteiger partial charge in [0.2, 0.25) is 0 Å². The Kier molecular flexibility index (Phi) is 3.83. The van der Waals surface area contributed by atoms with Gasteiger partial charge in [0, 0.05) is 18.2 Å². The number of piperidine rings is 1. The van der Waals surface area contributed by atoms with Gasteiger partial charge in [-0.25, -0.2) is 14.2 Å². The average Bonchev–Trinajstić information content (AvgIpc) is 2.98. The molecule has 1 aromatic heterocycles. The standard InChI is InChI=1S/C16H17FN2O3/c1-10-2-3-12(8-19(10)16(20)21)15-18-14(9-22-15)11-4-6-13(17)7-5-11/h4-7,9-10,12H,2-3,8H2,1H3,(H,20,21)/t10-,12+/m1/s1. The molecule has 1 aliphatic rings. The number of amides is 1. The van der Waals surface area contributed by atoms with Crippen LogP contribution >= 0.6 is 0 Å². The molecule has 2 atom stereocenters. The van der Waals surface area contributed by atoms with Crippen LogP contribution in [0.25, 0.3) is 11.3 Å². The van der Waals surface area contributed by atoms with Gasteiger partial charge in [0.25, 0.3) is 0 Å². The number of hydrogen-bond acceptors (Lipinski definition) is 3. The molecule has 6 heteroatoms. The van der Waals surface area contributed by atoms with Crippen LogP contribution in [0.4, 0.5) is 9.18 Å². The molecule has 1 saturated heterocycles. The lowest BCUT2D eigenvalue weighted by atomic mass is 9.94. The maximum Gasteiger partial charge on any atom is 0.407 e. The van der Waals surface area contributed by atoms with Crippen molar-refractivity contribution in [3.05, 3.63) is 42.2 Å². The topological polar surface area (TPSA) is 66.6 Å². The van der Waals surface area contributed by atoms with E-state index in [1.807, 2.05) is 6.92 Å². The average molecular weight is 304 g/mol. The van der Waals surface area contributed by atoms with Crippen molar-refractivity contribution in [2.45, 2.75) is 31.7 Å². The van der Waals surface area contributed by atoms with Crippen molar-refractivity contribution >= 4 is 6.09 Å². The Balaban J connectivity index is 1.79. The molecule has 1 amide bonds. The summed E-state index contributed by atoms with van der Waals surface area (Å²) < 4.78 is 18.5. The summed E-state index contributed by atoms with van der Waals surface area (Å²) in [5, 5.41) is 9.22. The zero-order valence-electron chi connectivity index (χ0n) is 12.2. The number of nitrogens with zero attached hydrogens (tertiary/aromatic N) is 2. The van der Waals surface area contributed by atoms with E-state index in [1.165, 1.54) is 23.3 Å². The fourth-order valence-electron chi connectivity index (χ4n) is 2.80. The summed E-state index contributed by atoms with van der Waals surface area (Å²) in [6.07, 6.45) is 2.24. The normalized spacial score (nSPS) is 21.8. The molecule has 3 rings (SSSR count). The van der Waals surface area contributed by atoms with Crippen LogP contribution in [-0.2, 0) is 0 Å². The third-order valence-electron chi connectivity index (χ3n) is 4.14. The molecule has 1 aromatic carbocycles. The minimum atomic E-state index is -0.914. The smallest absolute Gasteiger partial charge is 0.407 e. The number of carbonyl (C=O) groups is 1. The van der Waals surface area contributed by atoms with Crippen molar-refractivity contribution in [3.8, 4) is 11.3 Å². The van der Waals surface area contributed by atoms with Gasteiger partial charge in [0.05, 0.1) is 5.92 Å². The number of rotatable bonds is 2. The Morgan fingerprint density at radius 1 is 1.36 bits per heavy atom. The number of carboxylic acid groups (broad SMARTS) is 1. The Hall–Kier alpha value is -2.37.